The first kappa shape index (κ1) is 76.3. The highest BCUT2D eigenvalue weighted by atomic mass is 16.7. The average Bonchev–Trinajstić information content (AvgIpc) is 3.64. The Balaban J connectivity index is 1.63. The zero-order chi connectivity index (χ0) is 60.2. The summed E-state index contributed by atoms with van der Waals surface area (Å²) in [5, 5.41) is 87.4. The van der Waals surface area contributed by atoms with Gasteiger partial charge in [0.05, 0.1) is 32.0 Å². The van der Waals surface area contributed by atoms with Crippen LogP contribution in [-0.4, -0.2) is 140 Å². The van der Waals surface area contributed by atoms with Gasteiger partial charge in [-0.1, -0.05) is 259 Å². The molecule has 0 aromatic rings. The summed E-state index contributed by atoms with van der Waals surface area (Å²) in [7, 11) is 0. The molecular weight excluding hydrogens is 1050 g/mol. The van der Waals surface area contributed by atoms with Gasteiger partial charge in [0.1, 0.15) is 48.8 Å². The van der Waals surface area contributed by atoms with Crippen LogP contribution in [0.15, 0.2) is 85.1 Å². The third-order valence-corrected chi connectivity index (χ3v) is 15.9. The van der Waals surface area contributed by atoms with Crippen molar-refractivity contribution in [3.8, 4) is 0 Å². The van der Waals surface area contributed by atoms with Crippen LogP contribution in [0.5, 0.6) is 0 Å². The number of allylic oxidation sites excluding steroid dienone is 14. The number of ether oxygens (including phenoxy) is 4. The first-order chi connectivity index (χ1) is 40.6. The van der Waals surface area contributed by atoms with Gasteiger partial charge in [0.25, 0.3) is 0 Å². The molecule has 2 aliphatic rings. The summed E-state index contributed by atoms with van der Waals surface area (Å²) in [6.07, 6.45) is 55.9. The van der Waals surface area contributed by atoms with E-state index in [1.807, 2.05) is 0 Å². The van der Waals surface area contributed by atoms with Crippen molar-refractivity contribution in [3.05, 3.63) is 85.1 Å². The quantitative estimate of drug-likeness (QED) is 0.0204. The van der Waals surface area contributed by atoms with Crippen LogP contribution in [0, 0.1) is 0 Å². The average molecular weight is 1170 g/mol. The van der Waals surface area contributed by atoms with Gasteiger partial charge < -0.3 is 65.1 Å². The Labute approximate surface area is 503 Å². The lowest BCUT2D eigenvalue weighted by molar-refractivity contribution is -0.359. The predicted molar refractivity (Wildman–Crippen MR) is 336 cm³/mol. The largest absolute Gasteiger partial charge is 0.394 e. The van der Waals surface area contributed by atoms with E-state index in [0.717, 1.165) is 103 Å². The van der Waals surface area contributed by atoms with Crippen molar-refractivity contribution in [2.24, 2.45) is 0 Å². The molecule has 0 bridgehead atoms. The fourth-order valence-corrected chi connectivity index (χ4v) is 10.6. The summed E-state index contributed by atoms with van der Waals surface area (Å²) in [5.74, 6) is -0.210. The number of rotatable bonds is 53. The Morgan fingerprint density at radius 2 is 0.831 bits per heavy atom. The van der Waals surface area contributed by atoms with Crippen molar-refractivity contribution in [1.82, 2.24) is 5.32 Å². The molecule has 0 aromatic heterocycles. The molecular formula is C69H121NO13. The number of hydrogen-bond acceptors (Lipinski definition) is 13. The third-order valence-electron chi connectivity index (χ3n) is 15.9. The van der Waals surface area contributed by atoms with Gasteiger partial charge in [-0.3, -0.25) is 4.79 Å². The maximum Gasteiger partial charge on any atom is 0.220 e. The van der Waals surface area contributed by atoms with E-state index in [1.54, 1.807) is 0 Å². The van der Waals surface area contributed by atoms with E-state index in [0.29, 0.717) is 12.8 Å². The normalized spacial score (nSPS) is 24.4. The summed E-state index contributed by atoms with van der Waals surface area (Å²) in [5.41, 5.74) is 0. The molecule has 12 unspecified atom stereocenters. The van der Waals surface area contributed by atoms with Crippen molar-refractivity contribution < 1.29 is 64.6 Å². The van der Waals surface area contributed by atoms with Gasteiger partial charge in [-0.05, 0) is 70.6 Å². The van der Waals surface area contributed by atoms with Gasteiger partial charge in [-0.25, -0.2) is 0 Å². The molecule has 2 rings (SSSR count). The van der Waals surface area contributed by atoms with Crippen LogP contribution in [0.2, 0.25) is 0 Å². The van der Waals surface area contributed by atoms with Crippen LogP contribution in [0.3, 0.4) is 0 Å². The summed E-state index contributed by atoms with van der Waals surface area (Å²) in [6, 6.07) is -0.833. The second kappa shape index (κ2) is 53.4. The Hall–Kier alpha value is -2.83. The highest BCUT2D eigenvalue weighted by Gasteiger charge is 2.51. The lowest BCUT2D eigenvalue weighted by Crippen LogP contribution is -2.65. The van der Waals surface area contributed by atoms with Crippen molar-refractivity contribution in [2.75, 3.05) is 19.8 Å². The predicted octanol–water partition coefficient (Wildman–Crippen LogP) is 12.8. The second-order valence-corrected chi connectivity index (χ2v) is 23.2. The number of nitrogens with one attached hydrogen (secondary N) is 1. The summed E-state index contributed by atoms with van der Waals surface area (Å²) in [4.78, 5) is 13.3. The van der Waals surface area contributed by atoms with Crippen LogP contribution in [-0.2, 0) is 23.7 Å². The molecule has 12 atom stereocenters. The molecule has 2 saturated heterocycles. The van der Waals surface area contributed by atoms with Crippen LogP contribution in [0.1, 0.15) is 251 Å². The monoisotopic (exact) mass is 1170 g/mol. The Morgan fingerprint density at radius 3 is 1.28 bits per heavy atom. The lowest BCUT2D eigenvalue weighted by Gasteiger charge is -2.46. The first-order valence-electron chi connectivity index (χ1n) is 33.3. The Kier molecular flexibility index (Phi) is 49.1. The highest BCUT2D eigenvalue weighted by molar-refractivity contribution is 5.76. The summed E-state index contributed by atoms with van der Waals surface area (Å²) < 4.78 is 22.9. The fraction of sp³-hybridized carbons (Fsp3) is 0.783. The second-order valence-electron chi connectivity index (χ2n) is 23.2. The van der Waals surface area contributed by atoms with Crippen LogP contribution < -0.4 is 5.32 Å². The number of unbranched alkanes of at least 4 members (excludes halogenated alkanes) is 26. The minimum Gasteiger partial charge on any atom is -0.394 e. The van der Waals surface area contributed by atoms with Crippen molar-refractivity contribution >= 4 is 5.91 Å². The molecule has 0 aliphatic carbocycles. The van der Waals surface area contributed by atoms with Gasteiger partial charge >= 0.3 is 0 Å². The maximum absolute atomic E-state index is 13.3. The minimum absolute atomic E-state index is 0.210. The number of aliphatic hydroxyl groups excluding tert-OH is 8. The maximum atomic E-state index is 13.3. The molecule has 14 nitrogen and oxygen atoms in total. The summed E-state index contributed by atoms with van der Waals surface area (Å²) in [6.45, 7) is 2.75. The smallest absolute Gasteiger partial charge is 0.220 e. The molecule has 0 radical (unpaired) electrons. The number of amides is 1. The number of carbonyl (C=O) groups is 1. The zero-order valence-electron chi connectivity index (χ0n) is 51.9. The van der Waals surface area contributed by atoms with E-state index < -0.39 is 86.8 Å². The molecule has 14 heteroatoms. The van der Waals surface area contributed by atoms with Gasteiger partial charge in [0.2, 0.25) is 5.91 Å². The fourth-order valence-electron chi connectivity index (χ4n) is 10.6. The van der Waals surface area contributed by atoms with Crippen molar-refractivity contribution in [1.29, 1.82) is 0 Å². The molecule has 1 amide bonds. The third kappa shape index (κ3) is 38.1. The van der Waals surface area contributed by atoms with E-state index in [-0.39, 0.29) is 12.5 Å². The molecule has 83 heavy (non-hydrogen) atoms. The molecule has 480 valence electrons. The number of carbonyl (C=O) groups excluding carboxylic acids is 1. The number of hydrogen-bond donors (Lipinski definition) is 9. The molecule has 0 spiro atoms. The van der Waals surface area contributed by atoms with E-state index >= 15 is 0 Å². The first-order valence-corrected chi connectivity index (χ1v) is 33.3. The van der Waals surface area contributed by atoms with Crippen LogP contribution in [0.4, 0.5) is 0 Å². The molecule has 9 N–H and O–H groups in total. The van der Waals surface area contributed by atoms with E-state index in [1.165, 1.54) is 122 Å². The van der Waals surface area contributed by atoms with Gasteiger partial charge in [0, 0.05) is 6.42 Å². The molecule has 2 aliphatic heterocycles. The van der Waals surface area contributed by atoms with E-state index in [2.05, 4.69) is 104 Å². The number of aliphatic hydroxyl groups is 8. The summed E-state index contributed by atoms with van der Waals surface area (Å²) >= 11 is 0. The van der Waals surface area contributed by atoms with E-state index in [4.69, 9.17) is 18.9 Å². The Morgan fingerprint density at radius 1 is 0.446 bits per heavy atom. The standard InChI is InChI=1S/C69H121NO13/c1-3-5-7-9-11-13-15-17-19-20-21-22-23-24-25-26-27-28-29-30-31-32-33-34-35-36-37-38-39-41-43-45-47-49-51-53-61(74)70-57(58(73)52-50-48-46-44-42-40-18-16-14-12-10-8-6-4-2)56-80-68-66(79)64(77)67(60(55-72)82-68)83-69-65(78)63(76)62(75)59(54-71)81-69/h5,7,11,13,17,19,21-22,24-25,27-28,30-31,57-60,62-69,71-73,75-79H,3-4,6,8-10,12,14-16,18,20,23,26,29,32-56H2,1-2H3,(H,70,74)/b7-5-,13-11-,19-17-,22-21-,25-24-,28-27-,31-30-. The topological polar surface area (TPSA) is 228 Å². The molecule has 0 saturated carbocycles. The minimum atomic E-state index is -1.78. The SMILES string of the molecule is CC/C=C\C/C=C\C/C=C\C/C=C\C/C=C\C/C=C\C/C=C\CCCCCCCCCCCCCCCC(=O)NC(COC1OC(CO)C(OC2OC(CO)C(O)C(O)C2O)C(O)C1O)C(O)CCCCCCCCCCCCCCCC. The van der Waals surface area contributed by atoms with Gasteiger partial charge in [-0.15, -0.1) is 0 Å². The van der Waals surface area contributed by atoms with Crippen LogP contribution in [0.25, 0.3) is 0 Å². The zero-order valence-corrected chi connectivity index (χ0v) is 51.9. The van der Waals surface area contributed by atoms with E-state index in [9.17, 15) is 45.6 Å². The lowest BCUT2D eigenvalue weighted by atomic mass is 9.97. The molecule has 2 fully saturated rings. The van der Waals surface area contributed by atoms with Crippen LogP contribution >= 0.6 is 0 Å². The van der Waals surface area contributed by atoms with Gasteiger partial charge in [-0.2, -0.15) is 0 Å². The van der Waals surface area contributed by atoms with Crippen molar-refractivity contribution in [3.63, 3.8) is 0 Å². The van der Waals surface area contributed by atoms with Gasteiger partial charge in [0.15, 0.2) is 12.6 Å². The molecule has 0 aromatic carbocycles. The van der Waals surface area contributed by atoms with Crippen molar-refractivity contribution in [2.45, 2.75) is 325 Å². The highest BCUT2D eigenvalue weighted by Crippen LogP contribution is 2.30. The Bertz CT molecular complexity index is 1710. The molecule has 2 heterocycles.